The van der Waals surface area contributed by atoms with Gasteiger partial charge in [0.05, 0.1) is 18.2 Å². The number of hydrogen-bond acceptors (Lipinski definition) is 4. The van der Waals surface area contributed by atoms with E-state index in [9.17, 15) is 4.79 Å². The van der Waals surface area contributed by atoms with Gasteiger partial charge in [-0.25, -0.2) is 9.78 Å². The molecule has 2 aromatic rings. The highest BCUT2D eigenvalue weighted by Crippen LogP contribution is 2.14. The smallest absolute Gasteiger partial charge is 0.338 e. The zero-order valence-corrected chi connectivity index (χ0v) is 10.0. The monoisotopic (exact) mass is 249 g/mol. The highest BCUT2D eigenvalue weighted by atomic mass is 16.4. The zero-order valence-electron chi connectivity index (χ0n) is 10.0. The molecule has 0 radical (unpaired) electrons. The van der Waals surface area contributed by atoms with E-state index in [1.807, 2.05) is 6.92 Å². The molecule has 0 bridgehead atoms. The van der Waals surface area contributed by atoms with Gasteiger partial charge in [-0.05, 0) is 12.5 Å². The summed E-state index contributed by atoms with van der Waals surface area (Å²) >= 11 is 0. The Balaban J connectivity index is 1.95. The van der Waals surface area contributed by atoms with Gasteiger partial charge < -0.3 is 19.8 Å². The maximum absolute atomic E-state index is 10.7. The number of carbonyl (C=O) groups is 1. The molecular formula is C12H15N3O3. The normalized spacial score (nSPS) is 12.5. The lowest BCUT2D eigenvalue weighted by Gasteiger charge is -2.13. The summed E-state index contributed by atoms with van der Waals surface area (Å²) in [4.78, 5) is 17.9. The Morgan fingerprint density at radius 3 is 3.06 bits per heavy atom. The topological polar surface area (TPSA) is 91.2 Å². The molecule has 0 aliphatic rings. The number of aromatic nitrogens is 2. The van der Waals surface area contributed by atoms with Crippen LogP contribution in [-0.4, -0.2) is 21.0 Å². The number of aromatic carboxylic acids is 1. The van der Waals surface area contributed by atoms with Crippen LogP contribution in [0.4, 0.5) is 0 Å². The van der Waals surface area contributed by atoms with Crippen LogP contribution in [-0.2, 0) is 6.54 Å². The quantitative estimate of drug-likeness (QED) is 0.727. The zero-order chi connectivity index (χ0) is 13.0. The first kappa shape index (κ1) is 12.4. The van der Waals surface area contributed by atoms with Crippen molar-refractivity contribution in [3.63, 3.8) is 0 Å². The van der Waals surface area contributed by atoms with E-state index < -0.39 is 5.97 Å². The van der Waals surface area contributed by atoms with Gasteiger partial charge in [0.1, 0.15) is 17.8 Å². The van der Waals surface area contributed by atoms with Crippen LogP contribution in [0.15, 0.2) is 29.1 Å². The Morgan fingerprint density at radius 1 is 1.67 bits per heavy atom. The van der Waals surface area contributed by atoms with E-state index >= 15 is 0 Å². The first-order valence-electron chi connectivity index (χ1n) is 5.74. The van der Waals surface area contributed by atoms with Crippen LogP contribution in [0.2, 0.25) is 0 Å². The molecule has 0 aliphatic heterocycles. The van der Waals surface area contributed by atoms with Crippen LogP contribution >= 0.6 is 0 Å². The standard InChI is InChI=1S/C12H15N3O3/c1-2-10(11-13-3-4-14-11)15-6-9-5-8(7-18-9)12(16)17/h3-5,7,10,15H,2,6H2,1H3,(H,13,14)(H,16,17). The second-order valence-corrected chi connectivity index (χ2v) is 3.92. The number of hydrogen-bond donors (Lipinski definition) is 3. The molecule has 0 amide bonds. The molecule has 2 aromatic heterocycles. The van der Waals surface area contributed by atoms with E-state index in [4.69, 9.17) is 9.52 Å². The van der Waals surface area contributed by atoms with Gasteiger partial charge >= 0.3 is 5.97 Å². The number of nitrogens with zero attached hydrogens (tertiary/aromatic N) is 1. The van der Waals surface area contributed by atoms with Gasteiger partial charge in [-0.3, -0.25) is 0 Å². The van der Waals surface area contributed by atoms with Crippen molar-refractivity contribution < 1.29 is 14.3 Å². The third kappa shape index (κ3) is 2.78. The lowest BCUT2D eigenvalue weighted by Crippen LogP contribution is -2.21. The van der Waals surface area contributed by atoms with Crippen molar-refractivity contribution in [3.8, 4) is 0 Å². The summed E-state index contributed by atoms with van der Waals surface area (Å²) in [5.74, 6) is 0.475. The van der Waals surface area contributed by atoms with E-state index in [-0.39, 0.29) is 11.6 Å². The number of rotatable bonds is 6. The SMILES string of the molecule is CCC(NCc1cc(C(=O)O)co1)c1ncc[nH]1. The van der Waals surface area contributed by atoms with Crippen molar-refractivity contribution in [2.24, 2.45) is 0 Å². The molecule has 2 heterocycles. The molecule has 0 saturated carbocycles. The van der Waals surface area contributed by atoms with Crippen LogP contribution in [0.25, 0.3) is 0 Å². The van der Waals surface area contributed by atoms with Gasteiger partial charge in [-0.1, -0.05) is 6.92 Å². The predicted octanol–water partition coefficient (Wildman–Crippen LogP) is 1.94. The molecule has 96 valence electrons. The van der Waals surface area contributed by atoms with Gasteiger partial charge in [0.2, 0.25) is 0 Å². The number of H-pyrrole nitrogens is 1. The third-order valence-electron chi connectivity index (χ3n) is 2.68. The molecule has 0 aromatic carbocycles. The molecule has 1 atom stereocenters. The summed E-state index contributed by atoms with van der Waals surface area (Å²) in [6.07, 6.45) is 5.59. The number of imidazole rings is 1. The van der Waals surface area contributed by atoms with E-state index in [1.165, 1.54) is 12.3 Å². The first-order chi connectivity index (χ1) is 8.70. The van der Waals surface area contributed by atoms with E-state index in [2.05, 4.69) is 15.3 Å². The second kappa shape index (κ2) is 5.50. The molecule has 0 spiro atoms. The number of furan rings is 1. The lowest BCUT2D eigenvalue weighted by atomic mass is 10.2. The molecule has 6 nitrogen and oxygen atoms in total. The van der Waals surface area contributed by atoms with Crippen LogP contribution in [0, 0.1) is 0 Å². The Bertz CT molecular complexity index is 504. The average Bonchev–Trinajstić information content (AvgIpc) is 3.00. The highest BCUT2D eigenvalue weighted by Gasteiger charge is 2.13. The van der Waals surface area contributed by atoms with Crippen molar-refractivity contribution >= 4 is 5.97 Å². The van der Waals surface area contributed by atoms with Crippen LogP contribution in [0.1, 0.15) is 41.3 Å². The third-order valence-corrected chi connectivity index (χ3v) is 2.68. The van der Waals surface area contributed by atoms with Crippen molar-refractivity contribution in [2.45, 2.75) is 25.9 Å². The fourth-order valence-electron chi connectivity index (χ4n) is 1.71. The molecule has 2 rings (SSSR count). The van der Waals surface area contributed by atoms with Crippen molar-refractivity contribution in [1.29, 1.82) is 0 Å². The molecule has 18 heavy (non-hydrogen) atoms. The van der Waals surface area contributed by atoms with Gasteiger partial charge in [0.15, 0.2) is 0 Å². The number of nitrogens with one attached hydrogen (secondary N) is 2. The Hall–Kier alpha value is -2.08. The molecule has 3 N–H and O–H groups in total. The molecular weight excluding hydrogens is 234 g/mol. The van der Waals surface area contributed by atoms with Crippen LogP contribution in [0.5, 0.6) is 0 Å². The first-order valence-corrected chi connectivity index (χ1v) is 5.74. The minimum Gasteiger partial charge on any atom is -0.478 e. The minimum absolute atomic E-state index is 0.0957. The number of carboxylic acids is 1. The van der Waals surface area contributed by atoms with Crippen molar-refractivity contribution in [3.05, 3.63) is 41.9 Å². The molecule has 0 aliphatic carbocycles. The second-order valence-electron chi connectivity index (χ2n) is 3.92. The van der Waals surface area contributed by atoms with Gasteiger partial charge in [0.25, 0.3) is 0 Å². The summed E-state index contributed by atoms with van der Waals surface area (Å²) in [5, 5.41) is 12.0. The maximum atomic E-state index is 10.7. The fourth-order valence-corrected chi connectivity index (χ4v) is 1.71. The summed E-state index contributed by atoms with van der Waals surface area (Å²) in [5.41, 5.74) is 0.165. The summed E-state index contributed by atoms with van der Waals surface area (Å²) in [7, 11) is 0. The lowest BCUT2D eigenvalue weighted by molar-refractivity contribution is 0.0696. The maximum Gasteiger partial charge on any atom is 0.338 e. The van der Waals surface area contributed by atoms with Crippen LogP contribution < -0.4 is 5.32 Å². The van der Waals surface area contributed by atoms with Crippen LogP contribution in [0.3, 0.4) is 0 Å². The summed E-state index contributed by atoms with van der Waals surface area (Å²) in [6.45, 7) is 2.51. The fraction of sp³-hybridized carbons (Fsp3) is 0.333. The Kier molecular flexibility index (Phi) is 3.78. The summed E-state index contributed by atoms with van der Waals surface area (Å²) in [6, 6.07) is 1.61. The summed E-state index contributed by atoms with van der Waals surface area (Å²) < 4.78 is 5.16. The largest absolute Gasteiger partial charge is 0.478 e. The van der Waals surface area contributed by atoms with Gasteiger partial charge in [0, 0.05) is 12.4 Å². The Labute approximate surface area is 104 Å². The van der Waals surface area contributed by atoms with E-state index in [1.54, 1.807) is 12.4 Å². The highest BCUT2D eigenvalue weighted by molar-refractivity contribution is 5.87. The van der Waals surface area contributed by atoms with E-state index in [0.717, 1.165) is 12.2 Å². The predicted molar refractivity (Wildman–Crippen MR) is 64.1 cm³/mol. The molecule has 6 heteroatoms. The molecule has 1 unspecified atom stereocenters. The Morgan fingerprint density at radius 2 is 2.50 bits per heavy atom. The molecule has 0 saturated heterocycles. The molecule has 0 fully saturated rings. The van der Waals surface area contributed by atoms with Crippen molar-refractivity contribution in [1.82, 2.24) is 15.3 Å². The average molecular weight is 249 g/mol. The van der Waals surface area contributed by atoms with Crippen molar-refractivity contribution in [2.75, 3.05) is 0 Å². The number of aromatic amines is 1. The number of carboxylic acid groups (broad SMARTS) is 1. The van der Waals surface area contributed by atoms with E-state index in [0.29, 0.717) is 12.3 Å². The van der Waals surface area contributed by atoms with Gasteiger partial charge in [-0.15, -0.1) is 0 Å². The van der Waals surface area contributed by atoms with Gasteiger partial charge in [-0.2, -0.15) is 0 Å². The minimum atomic E-state index is -0.983.